The van der Waals surface area contributed by atoms with E-state index in [9.17, 15) is 19.2 Å². The monoisotopic (exact) mass is 642 g/mol. The zero-order chi connectivity index (χ0) is 33.1. The van der Waals surface area contributed by atoms with Gasteiger partial charge in [0.05, 0.1) is 26.8 Å². The number of nitrogens with one attached hydrogen (secondary N) is 4. The molecule has 12 heteroatoms. The number of benzene rings is 3. The lowest BCUT2D eigenvalue weighted by Gasteiger charge is -2.16. The van der Waals surface area contributed by atoms with Crippen molar-refractivity contribution in [3.63, 3.8) is 0 Å². The van der Waals surface area contributed by atoms with Crippen molar-refractivity contribution in [2.75, 3.05) is 40.9 Å². The summed E-state index contributed by atoms with van der Waals surface area (Å²) in [5.74, 6) is -0.602. The minimum atomic E-state index is -0.591. The van der Waals surface area contributed by atoms with Gasteiger partial charge in [-0.15, -0.1) is 0 Å². The molecule has 0 heterocycles. The van der Waals surface area contributed by atoms with Crippen LogP contribution in [0.3, 0.4) is 0 Å². The average Bonchev–Trinajstić information content (AvgIpc) is 3.08. The molecule has 0 aliphatic heterocycles. The van der Waals surface area contributed by atoms with Crippen LogP contribution in [-0.4, -0.2) is 77.3 Å². The number of rotatable bonds is 15. The van der Waals surface area contributed by atoms with Gasteiger partial charge in [0, 0.05) is 12.6 Å². The van der Waals surface area contributed by atoms with Crippen LogP contribution in [0.4, 0.5) is 4.79 Å². The van der Waals surface area contributed by atoms with E-state index >= 15 is 0 Å². The molecule has 0 fully saturated rings. The molecule has 3 aromatic carbocycles. The van der Waals surface area contributed by atoms with Crippen LogP contribution in [0.5, 0.6) is 0 Å². The van der Waals surface area contributed by atoms with Crippen molar-refractivity contribution in [3.05, 3.63) is 108 Å². The predicted molar refractivity (Wildman–Crippen MR) is 174 cm³/mol. The Morgan fingerprint density at radius 3 is 1.69 bits per heavy atom. The number of halogens is 1. The summed E-state index contributed by atoms with van der Waals surface area (Å²) in [4.78, 5) is 45.8. The van der Waals surface area contributed by atoms with Gasteiger partial charge in [0.15, 0.2) is 0 Å². The third-order valence-corrected chi connectivity index (χ3v) is 6.17. The van der Waals surface area contributed by atoms with E-state index in [0.717, 1.165) is 30.4 Å². The van der Waals surface area contributed by atoms with Crippen molar-refractivity contribution in [1.82, 2.24) is 20.8 Å². The van der Waals surface area contributed by atoms with Crippen LogP contribution in [0.2, 0.25) is 0 Å². The van der Waals surface area contributed by atoms with Crippen LogP contribution in [-0.2, 0) is 48.0 Å². The number of alkyl carbamates (subject to hydrolysis) is 1. The molecule has 0 bridgehead atoms. The number of carbonyl (C=O) groups excluding carboxylic acids is 4. The largest absolute Gasteiger partial charge is 0.468 e. The molecule has 45 heavy (non-hydrogen) atoms. The summed E-state index contributed by atoms with van der Waals surface area (Å²) < 4.78 is 13.9. The Balaban J connectivity index is 0.000000378. The van der Waals surface area contributed by atoms with Crippen molar-refractivity contribution in [1.29, 1.82) is 0 Å². The maximum Gasteiger partial charge on any atom is 0.408 e. The summed E-state index contributed by atoms with van der Waals surface area (Å²) in [6.07, 6.45) is 1.51. The molecule has 0 aromatic heterocycles. The van der Waals surface area contributed by atoms with Gasteiger partial charge in [0.2, 0.25) is 0 Å². The van der Waals surface area contributed by atoms with Crippen molar-refractivity contribution in [2.24, 2.45) is 0 Å². The molecular weight excluding hydrogens is 600 g/mol. The van der Waals surface area contributed by atoms with Gasteiger partial charge in [-0.05, 0) is 48.4 Å². The van der Waals surface area contributed by atoms with E-state index in [2.05, 4.69) is 42.4 Å². The Morgan fingerprint density at radius 1 is 0.756 bits per heavy atom. The lowest BCUT2D eigenvalue weighted by Crippen LogP contribution is -2.40. The number of hydrogen-bond donors (Lipinski definition) is 4. The number of hydrogen-bond acceptors (Lipinski definition) is 10. The highest BCUT2D eigenvalue weighted by Gasteiger charge is 2.13. The molecule has 244 valence electrons. The van der Waals surface area contributed by atoms with Crippen molar-refractivity contribution >= 4 is 36.1 Å². The first-order valence-corrected chi connectivity index (χ1v) is 14.6. The summed E-state index contributed by atoms with van der Waals surface area (Å²) in [6, 6.07) is 28.9. The topological polar surface area (TPSA) is 144 Å². The molecule has 3 aromatic rings. The van der Waals surface area contributed by atoms with Gasteiger partial charge in [0.1, 0.15) is 19.4 Å². The first-order valence-electron chi connectivity index (χ1n) is 14.2. The molecule has 3 rings (SSSR count). The Kier molecular flexibility index (Phi) is 21.6. The Hall–Kier alpha value is -4.29. The first-order chi connectivity index (χ1) is 21.8. The molecule has 0 saturated carbocycles. The second-order valence-corrected chi connectivity index (χ2v) is 9.67. The zero-order valence-electron chi connectivity index (χ0n) is 25.9. The number of ether oxygens (including phenoxy) is 3. The summed E-state index contributed by atoms with van der Waals surface area (Å²) >= 11 is 4.92. The lowest BCUT2D eigenvalue weighted by molar-refractivity contribution is -0.140. The Morgan fingerprint density at radius 2 is 1.24 bits per heavy atom. The normalized spacial score (nSPS) is 11.2. The van der Waals surface area contributed by atoms with E-state index in [-0.39, 0.29) is 31.6 Å². The molecule has 4 N–H and O–H groups in total. The highest BCUT2D eigenvalue weighted by atomic mass is 35.5. The number of methoxy groups -OCH3 is 2. The highest BCUT2D eigenvalue weighted by molar-refractivity contribution is 6.14. The molecule has 0 aliphatic rings. The van der Waals surface area contributed by atoms with E-state index in [0.29, 0.717) is 12.5 Å². The van der Waals surface area contributed by atoms with E-state index in [4.69, 9.17) is 16.5 Å². The minimum absolute atomic E-state index is 0.0536. The summed E-state index contributed by atoms with van der Waals surface area (Å²) in [5.41, 5.74) is 3.17. The van der Waals surface area contributed by atoms with E-state index in [1.807, 2.05) is 85.9 Å². The summed E-state index contributed by atoms with van der Waals surface area (Å²) in [7, 11) is 4.62. The van der Waals surface area contributed by atoms with Crippen LogP contribution < -0.4 is 20.8 Å². The number of amides is 1. The standard InChI is InChI=1S/C17H17NO3.C13H20N2O2.C3H6ClNO2/c19-12-16(11-14-7-3-1-4-8-14)18-17(20)21-13-15-9-5-2-6-10-15;1-14-12(9-15-10-13(16)17-2)8-11-6-4-3-5-7-11;1-7-3(6)2-5-4/h1-10,12,16H,11,13H2,(H,18,20);3-7,12,14-15H,8-10H2,1-2H3;5H,2H2,1H3/t16-;12-;/m00./s1. The highest BCUT2D eigenvalue weighted by Crippen LogP contribution is 2.04. The van der Waals surface area contributed by atoms with Crippen LogP contribution in [0.1, 0.15) is 16.7 Å². The lowest BCUT2D eigenvalue weighted by atomic mass is 10.1. The average molecular weight is 643 g/mol. The molecule has 0 radical (unpaired) electrons. The van der Waals surface area contributed by atoms with Gasteiger partial charge in [0.25, 0.3) is 0 Å². The fraction of sp³-hybridized carbons (Fsp3) is 0.333. The maximum absolute atomic E-state index is 11.7. The van der Waals surface area contributed by atoms with Crippen LogP contribution >= 0.6 is 11.8 Å². The van der Waals surface area contributed by atoms with Gasteiger partial charge < -0.3 is 35.0 Å². The molecule has 0 spiro atoms. The third-order valence-electron chi connectivity index (χ3n) is 6.04. The fourth-order valence-electron chi connectivity index (χ4n) is 3.64. The summed E-state index contributed by atoms with van der Waals surface area (Å²) in [6.45, 7) is 1.23. The quantitative estimate of drug-likeness (QED) is 0.0844. The maximum atomic E-state index is 11.7. The van der Waals surface area contributed by atoms with E-state index in [1.54, 1.807) is 0 Å². The molecule has 11 nitrogen and oxygen atoms in total. The molecule has 1 amide bonds. The number of esters is 2. The molecule has 2 atom stereocenters. The second-order valence-electron chi connectivity index (χ2n) is 9.41. The minimum Gasteiger partial charge on any atom is -0.468 e. The Bertz CT molecular complexity index is 1220. The van der Waals surface area contributed by atoms with Crippen molar-refractivity contribution in [3.8, 4) is 0 Å². The van der Waals surface area contributed by atoms with Gasteiger partial charge in [-0.1, -0.05) is 91.0 Å². The predicted octanol–water partition coefficient (Wildman–Crippen LogP) is 3.21. The third kappa shape index (κ3) is 19.6. The molecule has 0 unspecified atom stereocenters. The van der Waals surface area contributed by atoms with Crippen LogP contribution in [0, 0.1) is 0 Å². The number of aldehydes is 1. The van der Waals surface area contributed by atoms with Crippen molar-refractivity contribution < 1.29 is 33.4 Å². The smallest absolute Gasteiger partial charge is 0.408 e. The first kappa shape index (κ1) is 38.7. The fourth-order valence-corrected chi connectivity index (χ4v) is 3.75. The van der Waals surface area contributed by atoms with Crippen LogP contribution in [0.25, 0.3) is 0 Å². The van der Waals surface area contributed by atoms with Crippen LogP contribution in [0.15, 0.2) is 91.0 Å². The molecule has 0 saturated heterocycles. The van der Waals surface area contributed by atoms with Gasteiger partial charge >= 0.3 is 18.0 Å². The van der Waals surface area contributed by atoms with Gasteiger partial charge in [-0.2, -0.15) is 0 Å². The van der Waals surface area contributed by atoms with Gasteiger partial charge in [-0.25, -0.2) is 9.63 Å². The molecule has 0 aliphatic carbocycles. The van der Waals surface area contributed by atoms with E-state index < -0.39 is 12.1 Å². The number of carbonyl (C=O) groups is 4. The SMILES string of the molecule is CN[C@H](CNCC(=O)OC)Cc1ccccc1.COC(=O)CNCl.O=C[C@H](Cc1ccccc1)NC(=O)OCc1ccccc1. The zero-order valence-corrected chi connectivity index (χ0v) is 26.6. The van der Waals surface area contributed by atoms with Crippen molar-refractivity contribution in [2.45, 2.75) is 31.5 Å². The summed E-state index contributed by atoms with van der Waals surface area (Å²) in [5, 5.41) is 8.85. The molecular formula is C33H43ClN4O7. The number of likely N-dealkylation sites (N-methyl/N-ethyl adjacent to an activating group) is 1. The second kappa shape index (κ2) is 25.1. The van der Waals surface area contributed by atoms with E-state index in [1.165, 1.54) is 19.8 Å². The Labute approximate surface area is 270 Å². The van der Waals surface area contributed by atoms with Gasteiger partial charge in [-0.3, -0.25) is 9.59 Å².